The first-order valence-corrected chi connectivity index (χ1v) is 10.9. The molecule has 1 aliphatic rings. The SMILES string of the molecule is COc1c(C)cc(C)cc1[Si](C)(C)C1=Cc2ccccc2C1. The normalized spacial score (nSPS) is 13.8. The molecule has 0 atom stereocenters. The number of aryl methyl sites for hydroxylation is 2. The lowest BCUT2D eigenvalue weighted by Gasteiger charge is -2.28. The molecule has 114 valence electrons. The van der Waals surface area contributed by atoms with Gasteiger partial charge in [-0.1, -0.05) is 66.3 Å². The van der Waals surface area contributed by atoms with Crippen molar-refractivity contribution in [2.75, 3.05) is 7.11 Å². The highest BCUT2D eigenvalue weighted by Gasteiger charge is 2.34. The Hall–Kier alpha value is -1.80. The summed E-state index contributed by atoms with van der Waals surface area (Å²) in [4.78, 5) is 0. The van der Waals surface area contributed by atoms with Crippen LogP contribution in [0.1, 0.15) is 22.3 Å². The zero-order valence-electron chi connectivity index (χ0n) is 14.2. The van der Waals surface area contributed by atoms with Crippen molar-refractivity contribution in [1.29, 1.82) is 0 Å². The number of ether oxygens (including phenoxy) is 1. The third-order valence-electron chi connectivity index (χ3n) is 4.86. The third-order valence-corrected chi connectivity index (χ3v) is 8.51. The summed E-state index contributed by atoms with van der Waals surface area (Å²) in [5.41, 5.74) is 5.42. The van der Waals surface area contributed by atoms with E-state index in [1.807, 2.05) is 0 Å². The summed E-state index contributed by atoms with van der Waals surface area (Å²) in [6.07, 6.45) is 3.50. The fraction of sp³-hybridized carbons (Fsp3) is 0.300. The standard InChI is InChI=1S/C20H24OSi/c1-14-10-15(2)20(21-3)19(11-14)22(4,5)18-12-16-8-6-7-9-17(16)13-18/h6-12H,13H2,1-5H3. The van der Waals surface area contributed by atoms with Gasteiger partial charge in [-0.05, 0) is 42.1 Å². The van der Waals surface area contributed by atoms with Gasteiger partial charge < -0.3 is 4.74 Å². The van der Waals surface area contributed by atoms with Gasteiger partial charge in [-0.25, -0.2) is 0 Å². The minimum atomic E-state index is -1.74. The molecule has 3 rings (SSSR count). The molecule has 0 amide bonds. The number of allylic oxidation sites excluding steroid dienone is 1. The second-order valence-electron chi connectivity index (χ2n) is 6.83. The number of fused-ring (bicyclic) bond motifs is 1. The second kappa shape index (κ2) is 5.44. The fourth-order valence-electron chi connectivity index (χ4n) is 3.54. The van der Waals surface area contributed by atoms with E-state index in [1.165, 1.54) is 27.4 Å². The number of hydrogen-bond acceptors (Lipinski definition) is 1. The van der Waals surface area contributed by atoms with Crippen LogP contribution in [0.25, 0.3) is 6.08 Å². The van der Waals surface area contributed by atoms with Crippen LogP contribution in [0, 0.1) is 13.8 Å². The predicted octanol–water partition coefficient (Wildman–Crippen LogP) is 4.41. The molecule has 1 aliphatic carbocycles. The highest BCUT2D eigenvalue weighted by molar-refractivity contribution is 6.96. The van der Waals surface area contributed by atoms with Crippen LogP contribution >= 0.6 is 0 Å². The molecule has 0 N–H and O–H groups in total. The average molecular weight is 308 g/mol. The lowest BCUT2D eigenvalue weighted by atomic mass is 10.1. The van der Waals surface area contributed by atoms with E-state index < -0.39 is 8.07 Å². The van der Waals surface area contributed by atoms with Crippen LogP contribution < -0.4 is 9.92 Å². The van der Waals surface area contributed by atoms with Crippen molar-refractivity contribution in [3.05, 3.63) is 63.8 Å². The molecule has 22 heavy (non-hydrogen) atoms. The first-order valence-electron chi connectivity index (χ1n) is 7.88. The molecule has 0 unspecified atom stereocenters. The zero-order valence-corrected chi connectivity index (χ0v) is 15.2. The van der Waals surface area contributed by atoms with Crippen LogP contribution in [-0.4, -0.2) is 15.2 Å². The highest BCUT2D eigenvalue weighted by atomic mass is 28.3. The maximum atomic E-state index is 5.76. The van der Waals surface area contributed by atoms with E-state index in [4.69, 9.17) is 4.74 Å². The molecule has 2 aromatic carbocycles. The van der Waals surface area contributed by atoms with Crippen LogP contribution in [0.5, 0.6) is 5.75 Å². The number of hydrogen-bond donors (Lipinski definition) is 0. The van der Waals surface area contributed by atoms with E-state index in [2.05, 4.69) is 69.4 Å². The molecule has 0 bridgehead atoms. The predicted molar refractivity (Wildman–Crippen MR) is 97.7 cm³/mol. The van der Waals surface area contributed by atoms with Crippen molar-refractivity contribution in [1.82, 2.24) is 0 Å². The Morgan fingerprint density at radius 2 is 1.77 bits per heavy atom. The smallest absolute Gasteiger partial charge is 0.121 e. The van der Waals surface area contributed by atoms with Gasteiger partial charge in [0.15, 0.2) is 0 Å². The van der Waals surface area contributed by atoms with Crippen molar-refractivity contribution >= 4 is 19.3 Å². The lowest BCUT2D eigenvalue weighted by molar-refractivity contribution is 0.414. The molecule has 0 fully saturated rings. The summed E-state index contributed by atoms with van der Waals surface area (Å²) >= 11 is 0. The minimum Gasteiger partial charge on any atom is -0.497 e. The van der Waals surface area contributed by atoms with Gasteiger partial charge in [-0.3, -0.25) is 0 Å². The van der Waals surface area contributed by atoms with Crippen molar-refractivity contribution < 1.29 is 4.74 Å². The zero-order chi connectivity index (χ0) is 15.9. The van der Waals surface area contributed by atoms with Crippen LogP contribution in [0.2, 0.25) is 13.1 Å². The molecule has 0 heterocycles. The van der Waals surface area contributed by atoms with E-state index in [0.717, 1.165) is 12.2 Å². The van der Waals surface area contributed by atoms with Gasteiger partial charge in [0, 0.05) is 0 Å². The summed E-state index contributed by atoms with van der Waals surface area (Å²) in [6, 6.07) is 13.3. The third kappa shape index (κ3) is 2.42. The summed E-state index contributed by atoms with van der Waals surface area (Å²) < 4.78 is 5.76. The summed E-state index contributed by atoms with van der Waals surface area (Å²) in [5, 5.41) is 3.02. The molecule has 0 radical (unpaired) electrons. The molecule has 0 spiro atoms. The van der Waals surface area contributed by atoms with Crippen molar-refractivity contribution in [3.63, 3.8) is 0 Å². The van der Waals surface area contributed by atoms with Gasteiger partial charge >= 0.3 is 0 Å². The van der Waals surface area contributed by atoms with Crippen molar-refractivity contribution in [3.8, 4) is 5.75 Å². The molecular formula is C20H24OSi. The van der Waals surface area contributed by atoms with Crippen LogP contribution in [0.15, 0.2) is 41.6 Å². The van der Waals surface area contributed by atoms with E-state index in [9.17, 15) is 0 Å². The van der Waals surface area contributed by atoms with Gasteiger partial charge in [0.1, 0.15) is 13.8 Å². The summed E-state index contributed by atoms with van der Waals surface area (Å²) in [7, 11) is 0.0587. The van der Waals surface area contributed by atoms with Crippen LogP contribution in [0.3, 0.4) is 0 Å². The first-order chi connectivity index (χ1) is 10.4. The van der Waals surface area contributed by atoms with Gasteiger partial charge in [-0.15, -0.1) is 0 Å². The van der Waals surface area contributed by atoms with Crippen LogP contribution in [-0.2, 0) is 6.42 Å². The number of benzene rings is 2. The van der Waals surface area contributed by atoms with E-state index >= 15 is 0 Å². The van der Waals surface area contributed by atoms with E-state index in [0.29, 0.717) is 0 Å². The fourth-order valence-corrected chi connectivity index (χ4v) is 6.49. The molecule has 2 heteroatoms. The average Bonchev–Trinajstić information content (AvgIpc) is 2.91. The lowest BCUT2D eigenvalue weighted by Crippen LogP contribution is -2.45. The molecule has 2 aromatic rings. The van der Waals surface area contributed by atoms with E-state index in [-0.39, 0.29) is 0 Å². The second-order valence-corrected chi connectivity index (χ2v) is 11.3. The Morgan fingerprint density at radius 1 is 1.05 bits per heavy atom. The molecule has 0 saturated carbocycles. The largest absolute Gasteiger partial charge is 0.497 e. The Labute approximate surface area is 134 Å². The maximum absolute atomic E-state index is 5.76. The highest BCUT2D eigenvalue weighted by Crippen LogP contribution is 2.33. The molecule has 0 aliphatic heterocycles. The Kier molecular flexibility index (Phi) is 3.73. The van der Waals surface area contributed by atoms with Gasteiger partial charge in [-0.2, -0.15) is 0 Å². The molecule has 1 nitrogen and oxygen atoms in total. The van der Waals surface area contributed by atoms with Gasteiger partial charge in [0.2, 0.25) is 0 Å². The van der Waals surface area contributed by atoms with Crippen molar-refractivity contribution in [2.24, 2.45) is 0 Å². The Morgan fingerprint density at radius 3 is 2.45 bits per heavy atom. The summed E-state index contributed by atoms with van der Waals surface area (Å²) in [6.45, 7) is 9.22. The Balaban J connectivity index is 2.09. The molecular weight excluding hydrogens is 284 g/mol. The maximum Gasteiger partial charge on any atom is 0.121 e. The first kappa shape index (κ1) is 15.1. The minimum absolute atomic E-state index is 1.08. The quantitative estimate of drug-likeness (QED) is 0.763. The van der Waals surface area contributed by atoms with Crippen molar-refractivity contribution in [2.45, 2.75) is 33.4 Å². The monoisotopic (exact) mass is 308 g/mol. The van der Waals surface area contributed by atoms with Gasteiger partial charge in [0.05, 0.1) is 7.11 Å². The topological polar surface area (TPSA) is 9.23 Å². The summed E-state index contributed by atoms with van der Waals surface area (Å²) in [5.74, 6) is 1.08. The number of methoxy groups -OCH3 is 1. The van der Waals surface area contributed by atoms with E-state index in [1.54, 1.807) is 12.3 Å². The number of rotatable bonds is 3. The van der Waals surface area contributed by atoms with Crippen LogP contribution in [0.4, 0.5) is 0 Å². The molecule has 0 saturated heterocycles. The molecule has 0 aromatic heterocycles. The Bertz CT molecular complexity index is 756. The van der Waals surface area contributed by atoms with Gasteiger partial charge in [0.25, 0.3) is 0 Å².